The molecule has 1 aromatic rings. The van der Waals surface area contributed by atoms with Crippen LogP contribution in [0.2, 0.25) is 0 Å². The molecule has 1 unspecified atom stereocenters. The maximum atomic E-state index is 12.7. The number of esters is 1. The first-order valence-electron chi connectivity index (χ1n) is 9.96. The molecule has 156 valence electrons. The van der Waals surface area contributed by atoms with Crippen LogP contribution in [0.5, 0.6) is 0 Å². The van der Waals surface area contributed by atoms with Gasteiger partial charge in [-0.1, -0.05) is 56.7 Å². The molecule has 1 fully saturated rings. The van der Waals surface area contributed by atoms with Crippen molar-refractivity contribution < 1.29 is 23.1 Å². The summed E-state index contributed by atoms with van der Waals surface area (Å²) in [5.41, 5.74) is 1.33. The Morgan fingerprint density at radius 3 is 2.50 bits per heavy atom. The number of rotatable bonds is 10. The Bertz CT molecular complexity index is 770. The number of benzene rings is 1. The summed E-state index contributed by atoms with van der Waals surface area (Å²) >= 11 is 0. The number of carbonyl (C=O) groups excluding carboxylic acids is 1. The predicted octanol–water partition coefficient (Wildman–Crippen LogP) is 3.19. The minimum atomic E-state index is -3.71. The molecule has 1 aromatic carbocycles. The molecule has 0 spiro atoms. The monoisotopic (exact) mass is 409 g/mol. The van der Waals surface area contributed by atoms with E-state index in [0.29, 0.717) is 12.2 Å². The molecule has 6 nitrogen and oxygen atoms in total. The van der Waals surface area contributed by atoms with E-state index in [1.54, 1.807) is 24.3 Å². The fourth-order valence-electron chi connectivity index (χ4n) is 3.12. The maximum Gasteiger partial charge on any atom is 0.330 e. The van der Waals surface area contributed by atoms with Crippen LogP contribution in [0.15, 0.2) is 40.8 Å². The van der Waals surface area contributed by atoms with Crippen molar-refractivity contribution in [1.82, 2.24) is 4.31 Å². The van der Waals surface area contributed by atoms with Gasteiger partial charge in [-0.05, 0) is 31.1 Å². The molecule has 1 saturated heterocycles. The molecule has 0 radical (unpaired) electrons. The number of hydrogen-bond acceptors (Lipinski definition) is 5. The number of sulfonamides is 1. The van der Waals surface area contributed by atoms with Gasteiger partial charge in [-0.25, -0.2) is 13.2 Å². The van der Waals surface area contributed by atoms with E-state index < -0.39 is 22.1 Å². The zero-order chi connectivity index (χ0) is 20.6. The molecule has 1 atom stereocenters. The van der Waals surface area contributed by atoms with Crippen molar-refractivity contribution >= 4 is 16.0 Å². The lowest BCUT2D eigenvalue weighted by Crippen LogP contribution is -2.29. The fraction of sp³-hybridized carbons (Fsp3) is 0.571. The second-order valence-corrected chi connectivity index (χ2v) is 9.22. The van der Waals surface area contributed by atoms with E-state index in [-0.39, 0.29) is 18.0 Å². The average Bonchev–Trinajstić information content (AvgIpc) is 3.02. The molecule has 7 heteroatoms. The largest absolute Gasteiger partial charge is 0.463 e. The molecule has 0 bridgehead atoms. The molecule has 1 heterocycles. The van der Waals surface area contributed by atoms with Gasteiger partial charge < -0.3 is 9.84 Å². The van der Waals surface area contributed by atoms with Crippen molar-refractivity contribution in [3.63, 3.8) is 0 Å². The van der Waals surface area contributed by atoms with Crippen molar-refractivity contribution in [3.8, 4) is 0 Å². The van der Waals surface area contributed by atoms with Gasteiger partial charge in [-0.2, -0.15) is 4.31 Å². The van der Waals surface area contributed by atoms with Gasteiger partial charge in [0, 0.05) is 19.2 Å². The average molecular weight is 410 g/mol. The molecule has 2 rings (SSSR count). The van der Waals surface area contributed by atoms with Crippen molar-refractivity contribution in [2.75, 3.05) is 19.7 Å². The smallest absolute Gasteiger partial charge is 0.330 e. The predicted molar refractivity (Wildman–Crippen MR) is 108 cm³/mol. The van der Waals surface area contributed by atoms with Gasteiger partial charge in [0.1, 0.15) is 0 Å². The highest BCUT2D eigenvalue weighted by Crippen LogP contribution is 2.24. The van der Waals surface area contributed by atoms with E-state index in [1.807, 2.05) is 6.92 Å². The Balaban J connectivity index is 1.86. The van der Waals surface area contributed by atoms with Crippen LogP contribution in [0.25, 0.3) is 0 Å². The SMILES string of the molecule is CCCCCCCCOC(=O)/C=C1/CN(S(=O)(=O)c2ccc(C)cc2)CC1O. The second-order valence-electron chi connectivity index (χ2n) is 7.28. The number of aryl methyl sites for hydroxylation is 1. The third-order valence-electron chi connectivity index (χ3n) is 4.87. The number of aliphatic hydroxyl groups excluding tert-OH is 1. The fourth-order valence-corrected chi connectivity index (χ4v) is 4.55. The normalized spacial score (nSPS) is 19.2. The topological polar surface area (TPSA) is 83.9 Å². The molecule has 0 amide bonds. The van der Waals surface area contributed by atoms with E-state index in [9.17, 15) is 18.3 Å². The lowest BCUT2D eigenvalue weighted by atomic mass is 10.1. The van der Waals surface area contributed by atoms with E-state index in [4.69, 9.17) is 4.74 Å². The number of carbonyl (C=O) groups is 1. The lowest BCUT2D eigenvalue weighted by molar-refractivity contribution is -0.138. The van der Waals surface area contributed by atoms with Crippen LogP contribution < -0.4 is 0 Å². The first-order chi connectivity index (χ1) is 13.3. The summed E-state index contributed by atoms with van der Waals surface area (Å²) in [4.78, 5) is 12.1. The van der Waals surface area contributed by atoms with Gasteiger partial charge >= 0.3 is 5.97 Å². The van der Waals surface area contributed by atoms with E-state index in [1.165, 1.54) is 29.6 Å². The third kappa shape index (κ3) is 6.43. The van der Waals surface area contributed by atoms with Crippen LogP contribution in [0, 0.1) is 6.92 Å². The van der Waals surface area contributed by atoms with Gasteiger partial charge in [-0.3, -0.25) is 0 Å². The van der Waals surface area contributed by atoms with Gasteiger partial charge in [0.05, 0.1) is 17.6 Å². The highest BCUT2D eigenvalue weighted by atomic mass is 32.2. The van der Waals surface area contributed by atoms with Crippen molar-refractivity contribution in [3.05, 3.63) is 41.5 Å². The highest BCUT2D eigenvalue weighted by molar-refractivity contribution is 7.89. The van der Waals surface area contributed by atoms with Crippen LogP contribution in [0.4, 0.5) is 0 Å². The van der Waals surface area contributed by atoms with Crippen LogP contribution in [-0.2, 0) is 19.6 Å². The van der Waals surface area contributed by atoms with Crippen LogP contribution in [0.1, 0.15) is 51.0 Å². The molecule has 0 aromatic heterocycles. The first-order valence-corrected chi connectivity index (χ1v) is 11.4. The minimum Gasteiger partial charge on any atom is -0.463 e. The summed E-state index contributed by atoms with van der Waals surface area (Å²) in [6, 6.07) is 6.56. The Labute approximate surface area is 168 Å². The summed E-state index contributed by atoms with van der Waals surface area (Å²) in [7, 11) is -3.71. The molecule has 28 heavy (non-hydrogen) atoms. The van der Waals surface area contributed by atoms with Gasteiger partial charge in [0.15, 0.2) is 0 Å². The number of hydrogen-bond donors (Lipinski definition) is 1. The quantitative estimate of drug-likeness (QED) is 0.364. The number of β-amino-alcohol motifs (C(OH)–C–C–N with tert-alkyl or cyclic N) is 1. The summed E-state index contributed by atoms with van der Waals surface area (Å²) in [6.45, 7) is 4.32. The highest BCUT2D eigenvalue weighted by Gasteiger charge is 2.35. The number of aliphatic hydroxyl groups is 1. The van der Waals surface area contributed by atoms with Gasteiger partial charge in [0.25, 0.3) is 0 Å². The van der Waals surface area contributed by atoms with Crippen molar-refractivity contribution in [2.24, 2.45) is 0 Å². The van der Waals surface area contributed by atoms with Crippen LogP contribution >= 0.6 is 0 Å². The summed E-state index contributed by atoms with van der Waals surface area (Å²) in [6.07, 6.45) is 6.83. The van der Waals surface area contributed by atoms with E-state index in [2.05, 4.69) is 6.92 Å². The molecule has 1 aliphatic heterocycles. The Morgan fingerprint density at radius 2 is 1.82 bits per heavy atom. The van der Waals surface area contributed by atoms with Gasteiger partial charge in [-0.15, -0.1) is 0 Å². The third-order valence-corrected chi connectivity index (χ3v) is 6.69. The van der Waals surface area contributed by atoms with E-state index in [0.717, 1.165) is 24.8 Å². The minimum absolute atomic E-state index is 0.0104. The zero-order valence-electron chi connectivity index (χ0n) is 16.8. The van der Waals surface area contributed by atoms with Crippen molar-refractivity contribution in [1.29, 1.82) is 0 Å². The molecule has 0 saturated carbocycles. The molecule has 1 aliphatic rings. The standard InChI is InChI=1S/C21H31NO5S/c1-3-4-5-6-7-8-13-27-21(24)14-18-15-22(16-20(18)23)28(25,26)19-11-9-17(2)10-12-19/h9-12,14,20,23H,3-8,13,15-16H2,1-2H3/b18-14-. The van der Waals surface area contributed by atoms with E-state index >= 15 is 0 Å². The van der Waals surface area contributed by atoms with Crippen LogP contribution in [-0.4, -0.2) is 49.6 Å². The molecular weight excluding hydrogens is 378 g/mol. The maximum absolute atomic E-state index is 12.7. The zero-order valence-corrected chi connectivity index (χ0v) is 17.6. The summed E-state index contributed by atoms with van der Waals surface area (Å²) in [5.74, 6) is -0.530. The lowest BCUT2D eigenvalue weighted by Gasteiger charge is -2.15. The number of nitrogens with zero attached hydrogens (tertiary/aromatic N) is 1. The molecular formula is C21H31NO5S. The number of unbranched alkanes of at least 4 members (excludes halogenated alkanes) is 5. The Hall–Kier alpha value is -1.70. The van der Waals surface area contributed by atoms with Gasteiger partial charge in [0.2, 0.25) is 10.0 Å². The first kappa shape index (κ1) is 22.6. The van der Waals surface area contributed by atoms with Crippen LogP contribution in [0.3, 0.4) is 0 Å². The molecule has 0 aliphatic carbocycles. The Kier molecular flexibility index (Phi) is 8.66. The second kappa shape index (κ2) is 10.7. The van der Waals surface area contributed by atoms with Crippen molar-refractivity contribution in [2.45, 2.75) is 63.4 Å². The molecule has 1 N–H and O–H groups in total. The summed E-state index contributed by atoms with van der Waals surface area (Å²) < 4.78 is 31.8. The Morgan fingerprint density at radius 1 is 1.18 bits per heavy atom. The summed E-state index contributed by atoms with van der Waals surface area (Å²) in [5, 5.41) is 10.2. The number of ether oxygens (including phenoxy) is 1.